The van der Waals surface area contributed by atoms with Crippen molar-refractivity contribution in [2.24, 2.45) is 0 Å². The zero-order valence-electron chi connectivity index (χ0n) is 14.9. The molecular formula is C21H22Cl2O2. The molecule has 0 bridgehead atoms. The first-order valence-corrected chi connectivity index (χ1v) is 9.32. The predicted molar refractivity (Wildman–Crippen MR) is 102 cm³/mol. The highest BCUT2D eigenvalue weighted by molar-refractivity contribution is 6.34. The summed E-state index contributed by atoms with van der Waals surface area (Å²) >= 11 is 13.3. The van der Waals surface area contributed by atoms with Gasteiger partial charge in [-0.2, -0.15) is 0 Å². The molecule has 1 spiro atoms. The molecule has 2 nitrogen and oxygen atoms in total. The van der Waals surface area contributed by atoms with Gasteiger partial charge in [-0.3, -0.25) is 0 Å². The normalized spacial score (nSPS) is 21.4. The SMILES string of the molecule is CC1(C)CC2(CC(C)(C)c3ccc(O)c(Cl)c32)c2c1ccc(O)c2Cl. The summed E-state index contributed by atoms with van der Waals surface area (Å²) in [5, 5.41) is 21.4. The summed E-state index contributed by atoms with van der Waals surface area (Å²) in [4.78, 5) is 0. The number of halogens is 2. The van der Waals surface area contributed by atoms with Crippen molar-refractivity contribution in [3.8, 4) is 11.5 Å². The van der Waals surface area contributed by atoms with Crippen LogP contribution >= 0.6 is 23.2 Å². The molecule has 0 saturated heterocycles. The van der Waals surface area contributed by atoms with Crippen molar-refractivity contribution >= 4 is 23.2 Å². The van der Waals surface area contributed by atoms with Crippen LogP contribution in [-0.2, 0) is 16.2 Å². The first-order valence-electron chi connectivity index (χ1n) is 8.56. The van der Waals surface area contributed by atoms with Crippen molar-refractivity contribution in [2.45, 2.75) is 56.8 Å². The fourth-order valence-electron chi connectivity index (χ4n) is 5.43. The molecule has 0 atom stereocenters. The maximum Gasteiger partial charge on any atom is 0.134 e. The summed E-state index contributed by atoms with van der Waals surface area (Å²) in [6.07, 6.45) is 1.69. The summed E-state index contributed by atoms with van der Waals surface area (Å²) in [5.41, 5.74) is 3.65. The summed E-state index contributed by atoms with van der Waals surface area (Å²) < 4.78 is 0. The third-order valence-electron chi connectivity index (χ3n) is 6.15. The average molecular weight is 377 g/mol. The number of aromatic hydroxyl groups is 2. The minimum Gasteiger partial charge on any atom is -0.506 e. The van der Waals surface area contributed by atoms with Crippen molar-refractivity contribution in [1.82, 2.24) is 0 Å². The van der Waals surface area contributed by atoms with Crippen LogP contribution in [0.3, 0.4) is 0 Å². The Hall–Kier alpha value is -1.38. The number of phenols is 2. The third kappa shape index (κ3) is 2.04. The lowest BCUT2D eigenvalue weighted by atomic mass is 9.72. The molecule has 0 unspecified atom stereocenters. The second-order valence-corrected chi connectivity index (χ2v) is 9.60. The molecule has 0 amide bonds. The quantitative estimate of drug-likeness (QED) is 0.586. The van der Waals surface area contributed by atoms with Crippen molar-refractivity contribution in [1.29, 1.82) is 0 Å². The minimum absolute atomic E-state index is 0.0972. The molecule has 2 aliphatic carbocycles. The Kier molecular flexibility index (Phi) is 3.32. The monoisotopic (exact) mass is 376 g/mol. The van der Waals surface area contributed by atoms with Gasteiger partial charge in [-0.15, -0.1) is 0 Å². The highest BCUT2D eigenvalue weighted by Crippen LogP contribution is 2.66. The molecule has 0 aromatic heterocycles. The van der Waals surface area contributed by atoms with Crippen LogP contribution in [0.2, 0.25) is 10.0 Å². The van der Waals surface area contributed by atoms with Crippen LogP contribution in [0.1, 0.15) is 62.8 Å². The maximum absolute atomic E-state index is 10.3. The van der Waals surface area contributed by atoms with E-state index >= 15 is 0 Å². The number of fused-ring (bicyclic) bond motifs is 4. The number of phenolic OH excluding ortho intramolecular Hbond substituents is 2. The van der Waals surface area contributed by atoms with Gasteiger partial charge in [0, 0.05) is 5.41 Å². The van der Waals surface area contributed by atoms with Crippen LogP contribution in [0.15, 0.2) is 24.3 Å². The summed E-state index contributed by atoms with van der Waals surface area (Å²) in [6.45, 7) is 8.82. The zero-order valence-corrected chi connectivity index (χ0v) is 16.4. The van der Waals surface area contributed by atoms with E-state index in [9.17, 15) is 10.2 Å². The van der Waals surface area contributed by atoms with Gasteiger partial charge in [0.1, 0.15) is 11.5 Å². The van der Waals surface area contributed by atoms with Gasteiger partial charge >= 0.3 is 0 Å². The molecule has 2 aliphatic rings. The van der Waals surface area contributed by atoms with Crippen LogP contribution in [0.4, 0.5) is 0 Å². The Morgan fingerprint density at radius 1 is 0.720 bits per heavy atom. The first-order chi connectivity index (χ1) is 11.5. The molecule has 2 N–H and O–H groups in total. The highest BCUT2D eigenvalue weighted by Gasteiger charge is 2.58. The standard InChI is InChI=1S/C21H22Cl2O2/c1-19(2)9-21(15-11(19)5-7-13(24)17(15)22)10-20(3,4)12-6-8-14(25)18(23)16(12)21/h5-8,24-25H,9-10H2,1-4H3. The maximum atomic E-state index is 10.3. The highest BCUT2D eigenvalue weighted by atomic mass is 35.5. The summed E-state index contributed by atoms with van der Waals surface area (Å²) in [7, 11) is 0. The second-order valence-electron chi connectivity index (χ2n) is 8.85. The van der Waals surface area contributed by atoms with E-state index in [0.29, 0.717) is 10.0 Å². The van der Waals surface area contributed by atoms with E-state index in [4.69, 9.17) is 23.2 Å². The van der Waals surface area contributed by atoms with Crippen molar-refractivity contribution in [3.05, 3.63) is 56.6 Å². The molecule has 0 radical (unpaired) electrons. The molecule has 4 heteroatoms. The molecule has 25 heavy (non-hydrogen) atoms. The summed E-state index contributed by atoms with van der Waals surface area (Å²) in [6, 6.07) is 7.31. The van der Waals surface area contributed by atoms with Gasteiger partial charge < -0.3 is 10.2 Å². The minimum atomic E-state index is -0.399. The number of benzene rings is 2. The van der Waals surface area contributed by atoms with Crippen LogP contribution < -0.4 is 0 Å². The van der Waals surface area contributed by atoms with E-state index in [1.807, 2.05) is 12.1 Å². The van der Waals surface area contributed by atoms with Gasteiger partial charge in [0.25, 0.3) is 0 Å². The Morgan fingerprint density at radius 2 is 1.08 bits per heavy atom. The molecular weight excluding hydrogens is 355 g/mol. The van der Waals surface area contributed by atoms with Gasteiger partial charge in [0.2, 0.25) is 0 Å². The van der Waals surface area contributed by atoms with Crippen LogP contribution in [0, 0.1) is 0 Å². The molecule has 0 heterocycles. The van der Waals surface area contributed by atoms with E-state index in [-0.39, 0.29) is 22.3 Å². The zero-order chi connectivity index (χ0) is 18.4. The lowest BCUT2D eigenvalue weighted by molar-refractivity contribution is 0.349. The van der Waals surface area contributed by atoms with Gasteiger partial charge in [0.05, 0.1) is 10.0 Å². The van der Waals surface area contributed by atoms with Crippen LogP contribution in [0.25, 0.3) is 0 Å². The molecule has 0 fully saturated rings. The molecule has 0 aliphatic heterocycles. The van der Waals surface area contributed by atoms with Gasteiger partial charge in [0.15, 0.2) is 0 Å². The number of hydrogen-bond acceptors (Lipinski definition) is 2. The average Bonchev–Trinajstić information content (AvgIpc) is 2.86. The van der Waals surface area contributed by atoms with Gasteiger partial charge in [-0.1, -0.05) is 63.0 Å². The van der Waals surface area contributed by atoms with Gasteiger partial charge in [-0.25, -0.2) is 0 Å². The lowest BCUT2D eigenvalue weighted by Crippen LogP contribution is -2.27. The van der Waals surface area contributed by atoms with Crippen molar-refractivity contribution in [3.63, 3.8) is 0 Å². The van der Waals surface area contributed by atoms with Crippen LogP contribution in [0.5, 0.6) is 11.5 Å². The van der Waals surface area contributed by atoms with Crippen molar-refractivity contribution < 1.29 is 10.2 Å². The molecule has 132 valence electrons. The first kappa shape index (κ1) is 17.1. The smallest absolute Gasteiger partial charge is 0.134 e. The van der Waals surface area contributed by atoms with Crippen molar-refractivity contribution in [2.75, 3.05) is 0 Å². The topological polar surface area (TPSA) is 40.5 Å². The van der Waals surface area contributed by atoms with E-state index in [1.165, 1.54) is 0 Å². The Balaban J connectivity index is 2.14. The Bertz CT molecular complexity index is 837. The molecule has 0 saturated carbocycles. The fourth-order valence-corrected chi connectivity index (χ4v) is 6.13. The number of rotatable bonds is 0. The molecule has 2 aromatic carbocycles. The number of hydrogen-bond donors (Lipinski definition) is 2. The Morgan fingerprint density at radius 3 is 1.44 bits per heavy atom. The summed E-state index contributed by atoms with van der Waals surface area (Å²) in [5.74, 6) is 0.194. The third-order valence-corrected chi connectivity index (χ3v) is 6.91. The second kappa shape index (κ2) is 4.86. The van der Waals surface area contributed by atoms with E-state index in [0.717, 1.165) is 35.1 Å². The molecule has 2 aromatic rings. The van der Waals surface area contributed by atoms with E-state index in [2.05, 4.69) is 27.7 Å². The van der Waals surface area contributed by atoms with Crippen LogP contribution in [-0.4, -0.2) is 10.2 Å². The predicted octanol–water partition coefficient (Wildman–Crippen LogP) is 6.05. The Labute approximate surface area is 158 Å². The fraction of sp³-hybridized carbons (Fsp3) is 0.429. The largest absolute Gasteiger partial charge is 0.506 e. The van der Waals surface area contributed by atoms with E-state index in [1.54, 1.807) is 12.1 Å². The van der Waals surface area contributed by atoms with E-state index < -0.39 is 5.41 Å². The molecule has 4 rings (SSSR count). The van der Waals surface area contributed by atoms with Gasteiger partial charge in [-0.05, 0) is 58.1 Å². The lowest BCUT2D eigenvalue weighted by Gasteiger charge is -2.31.